The lowest BCUT2D eigenvalue weighted by atomic mass is 10.1. The predicted molar refractivity (Wildman–Crippen MR) is 118 cm³/mol. The molecular weight excluding hydrogens is 436 g/mol. The number of piperazine rings is 1. The molecule has 1 unspecified atom stereocenters. The average molecular weight is 456 g/mol. The molecule has 1 fully saturated rings. The van der Waals surface area contributed by atoms with E-state index in [9.17, 15) is 24.5 Å². The van der Waals surface area contributed by atoms with Crippen molar-refractivity contribution in [1.82, 2.24) is 15.5 Å². The molecule has 11 heteroatoms. The second-order valence-electron chi connectivity index (χ2n) is 6.92. The summed E-state index contributed by atoms with van der Waals surface area (Å²) in [5.74, 6) is -1.66. The van der Waals surface area contributed by atoms with Gasteiger partial charge >= 0.3 is 5.97 Å². The molecule has 1 saturated heterocycles. The Hall–Kier alpha value is -3.86. The lowest BCUT2D eigenvalue weighted by Crippen LogP contribution is -2.60. The van der Waals surface area contributed by atoms with Gasteiger partial charge in [-0.2, -0.15) is 0 Å². The molecule has 3 rings (SSSR count). The number of thiocarbonyl (C=S) groups is 1. The Bertz CT molecular complexity index is 1050. The summed E-state index contributed by atoms with van der Waals surface area (Å²) in [7, 11) is 0. The highest BCUT2D eigenvalue weighted by Crippen LogP contribution is 2.15. The first kappa shape index (κ1) is 22.8. The minimum atomic E-state index is -0.954. The third-order valence-electron chi connectivity index (χ3n) is 4.73. The molecule has 0 aliphatic carbocycles. The van der Waals surface area contributed by atoms with E-state index in [-0.39, 0.29) is 42.5 Å². The smallest absolute Gasteiger partial charge is 0.308 e. The summed E-state index contributed by atoms with van der Waals surface area (Å²) in [6, 6.07) is 13.3. The van der Waals surface area contributed by atoms with Crippen LogP contribution in [-0.2, 0) is 20.9 Å². The first-order valence-electron chi connectivity index (χ1n) is 9.69. The van der Waals surface area contributed by atoms with E-state index in [4.69, 9.17) is 17.0 Å². The topological polar surface area (TPSA) is 131 Å². The SMILES string of the molecule is O=C(CC1C(=O)NCCN1C(=S)NC(=O)c1cccc([N+](=O)[O-])c1)OCc1ccccc1. The summed E-state index contributed by atoms with van der Waals surface area (Å²) in [6.45, 7) is 0.625. The standard InChI is InChI=1S/C21H20N4O6S/c26-18(31-13-14-5-2-1-3-6-14)12-17-20(28)22-9-10-24(17)21(32)23-19(27)15-7-4-8-16(11-15)25(29)30/h1-8,11,17H,9-10,12-13H2,(H,22,28)(H,23,27,32). The first-order valence-corrected chi connectivity index (χ1v) is 10.1. The summed E-state index contributed by atoms with van der Waals surface area (Å²) < 4.78 is 5.25. The van der Waals surface area contributed by atoms with Crippen molar-refractivity contribution < 1.29 is 24.0 Å². The quantitative estimate of drug-likeness (QED) is 0.290. The maximum absolute atomic E-state index is 12.5. The van der Waals surface area contributed by atoms with Crippen LogP contribution < -0.4 is 10.6 Å². The number of nitro benzene ring substituents is 1. The van der Waals surface area contributed by atoms with Gasteiger partial charge in [-0.1, -0.05) is 36.4 Å². The van der Waals surface area contributed by atoms with Crippen LogP contribution >= 0.6 is 12.2 Å². The van der Waals surface area contributed by atoms with Crippen LogP contribution in [0.3, 0.4) is 0 Å². The second-order valence-corrected chi connectivity index (χ2v) is 7.30. The fourth-order valence-electron chi connectivity index (χ4n) is 3.12. The van der Waals surface area contributed by atoms with Gasteiger partial charge in [0.05, 0.1) is 11.3 Å². The molecule has 2 aromatic carbocycles. The fraction of sp³-hybridized carbons (Fsp3) is 0.238. The van der Waals surface area contributed by atoms with Gasteiger partial charge in [-0.05, 0) is 23.8 Å². The van der Waals surface area contributed by atoms with Crippen LogP contribution in [0.5, 0.6) is 0 Å². The number of esters is 1. The van der Waals surface area contributed by atoms with E-state index in [2.05, 4.69) is 10.6 Å². The Morgan fingerprint density at radius 3 is 2.69 bits per heavy atom. The monoisotopic (exact) mass is 456 g/mol. The van der Waals surface area contributed by atoms with Crippen LogP contribution in [0.15, 0.2) is 54.6 Å². The molecule has 1 aliphatic heterocycles. The van der Waals surface area contributed by atoms with Crippen LogP contribution in [0.1, 0.15) is 22.3 Å². The third-order valence-corrected chi connectivity index (χ3v) is 5.07. The van der Waals surface area contributed by atoms with E-state index in [0.717, 1.165) is 11.6 Å². The number of rotatable bonds is 6. The van der Waals surface area contributed by atoms with E-state index in [1.807, 2.05) is 30.3 Å². The molecule has 1 atom stereocenters. The number of carbonyl (C=O) groups excluding carboxylic acids is 3. The zero-order valence-electron chi connectivity index (χ0n) is 16.9. The van der Waals surface area contributed by atoms with Crippen molar-refractivity contribution in [2.24, 2.45) is 0 Å². The average Bonchev–Trinajstić information content (AvgIpc) is 2.79. The lowest BCUT2D eigenvalue weighted by Gasteiger charge is -2.36. The Morgan fingerprint density at radius 1 is 1.22 bits per heavy atom. The highest BCUT2D eigenvalue weighted by molar-refractivity contribution is 7.80. The number of non-ortho nitro benzene ring substituents is 1. The maximum atomic E-state index is 12.5. The largest absolute Gasteiger partial charge is 0.461 e. The molecular formula is C21H20N4O6S. The maximum Gasteiger partial charge on any atom is 0.308 e. The zero-order chi connectivity index (χ0) is 23.1. The summed E-state index contributed by atoms with van der Waals surface area (Å²) in [5, 5.41) is 16.0. The van der Waals surface area contributed by atoms with Crippen molar-refractivity contribution in [3.8, 4) is 0 Å². The Balaban J connectivity index is 1.63. The van der Waals surface area contributed by atoms with Crippen molar-refractivity contribution >= 4 is 40.8 Å². The number of hydrogen-bond acceptors (Lipinski definition) is 7. The molecule has 0 aromatic heterocycles. The zero-order valence-corrected chi connectivity index (χ0v) is 17.7. The van der Waals surface area contributed by atoms with Gasteiger partial charge in [0.25, 0.3) is 11.6 Å². The molecule has 0 radical (unpaired) electrons. The highest BCUT2D eigenvalue weighted by Gasteiger charge is 2.34. The summed E-state index contributed by atoms with van der Waals surface area (Å²) in [5.41, 5.74) is 0.618. The number of nitrogens with zero attached hydrogens (tertiary/aromatic N) is 2. The molecule has 32 heavy (non-hydrogen) atoms. The van der Waals surface area contributed by atoms with E-state index in [0.29, 0.717) is 0 Å². The highest BCUT2D eigenvalue weighted by atomic mass is 32.1. The second kappa shape index (κ2) is 10.4. The van der Waals surface area contributed by atoms with Crippen LogP contribution in [0.25, 0.3) is 0 Å². The summed E-state index contributed by atoms with van der Waals surface area (Å²) in [4.78, 5) is 49.0. The van der Waals surface area contributed by atoms with Crippen LogP contribution in [0.2, 0.25) is 0 Å². The number of ether oxygens (including phenoxy) is 1. The van der Waals surface area contributed by atoms with E-state index in [1.165, 1.54) is 23.1 Å². The van der Waals surface area contributed by atoms with Gasteiger partial charge in [0.2, 0.25) is 5.91 Å². The fourth-order valence-corrected chi connectivity index (χ4v) is 3.43. The molecule has 10 nitrogen and oxygen atoms in total. The van der Waals surface area contributed by atoms with Crippen LogP contribution in [0, 0.1) is 10.1 Å². The minimum absolute atomic E-state index is 0.0434. The van der Waals surface area contributed by atoms with Crippen molar-refractivity contribution in [3.05, 3.63) is 75.8 Å². The predicted octanol–water partition coefficient (Wildman–Crippen LogP) is 1.54. The molecule has 0 bridgehead atoms. The van der Waals surface area contributed by atoms with Gasteiger partial charge in [0.15, 0.2) is 5.11 Å². The van der Waals surface area contributed by atoms with Crippen molar-refractivity contribution in [2.45, 2.75) is 19.1 Å². The van der Waals surface area contributed by atoms with Gasteiger partial charge in [0.1, 0.15) is 12.6 Å². The van der Waals surface area contributed by atoms with Gasteiger partial charge in [-0.3, -0.25) is 29.8 Å². The first-order chi connectivity index (χ1) is 15.3. The molecule has 2 amide bonds. The number of benzene rings is 2. The Morgan fingerprint density at radius 2 is 1.97 bits per heavy atom. The van der Waals surface area contributed by atoms with E-state index in [1.54, 1.807) is 0 Å². The lowest BCUT2D eigenvalue weighted by molar-refractivity contribution is -0.384. The Labute approximate surface area is 188 Å². The van der Waals surface area contributed by atoms with Crippen molar-refractivity contribution in [1.29, 1.82) is 0 Å². The minimum Gasteiger partial charge on any atom is -0.461 e. The molecule has 2 aromatic rings. The Kier molecular flexibility index (Phi) is 7.45. The molecule has 2 N–H and O–H groups in total. The van der Waals surface area contributed by atoms with Gasteiger partial charge in [-0.15, -0.1) is 0 Å². The van der Waals surface area contributed by atoms with Crippen molar-refractivity contribution in [2.75, 3.05) is 13.1 Å². The molecule has 0 spiro atoms. The van der Waals surface area contributed by atoms with E-state index >= 15 is 0 Å². The number of carbonyl (C=O) groups is 3. The third kappa shape index (κ3) is 5.85. The number of nitrogens with one attached hydrogen (secondary N) is 2. The molecule has 1 aliphatic rings. The normalized spacial score (nSPS) is 15.4. The summed E-state index contributed by atoms with van der Waals surface area (Å²) in [6.07, 6.45) is -0.258. The number of hydrogen-bond donors (Lipinski definition) is 2. The van der Waals surface area contributed by atoms with E-state index < -0.39 is 28.7 Å². The molecule has 0 saturated carbocycles. The van der Waals surface area contributed by atoms with Gasteiger partial charge < -0.3 is 15.0 Å². The number of nitro groups is 1. The number of amides is 2. The molecule has 1 heterocycles. The van der Waals surface area contributed by atoms with Gasteiger partial charge in [-0.25, -0.2) is 0 Å². The summed E-state index contributed by atoms with van der Waals surface area (Å²) >= 11 is 5.29. The molecule has 166 valence electrons. The van der Waals surface area contributed by atoms with Gasteiger partial charge in [0, 0.05) is 30.8 Å². The van der Waals surface area contributed by atoms with Crippen molar-refractivity contribution in [3.63, 3.8) is 0 Å². The van der Waals surface area contributed by atoms with Crippen LogP contribution in [-0.4, -0.2) is 51.9 Å². The van der Waals surface area contributed by atoms with Crippen LogP contribution in [0.4, 0.5) is 5.69 Å².